The molecule has 7 nitrogen and oxygen atoms in total. The van der Waals surface area contributed by atoms with Crippen LogP contribution in [0, 0.1) is 0 Å². The number of fused-ring (bicyclic) bond motifs is 2. The average molecular weight is 479 g/mol. The lowest BCUT2D eigenvalue weighted by molar-refractivity contribution is -0.132. The SMILES string of the molecule is CC(=O)N1CCN(Cc2ccc3c(c2)CN(C(=O)CCc2nc4ccccc4s2)CCO3)CC1. The molecule has 0 unspecified atom stereocenters. The Hall–Kier alpha value is -2.97. The first kappa shape index (κ1) is 22.8. The highest BCUT2D eigenvalue weighted by Gasteiger charge is 2.22. The minimum absolute atomic E-state index is 0.140. The van der Waals surface area contributed by atoms with Gasteiger partial charge < -0.3 is 14.5 Å². The topological polar surface area (TPSA) is 66.0 Å². The predicted molar refractivity (Wildman–Crippen MR) is 133 cm³/mol. The number of hydrogen-bond acceptors (Lipinski definition) is 6. The van der Waals surface area contributed by atoms with Crippen LogP contribution in [0.2, 0.25) is 0 Å². The van der Waals surface area contributed by atoms with Crippen molar-refractivity contribution in [1.29, 1.82) is 0 Å². The summed E-state index contributed by atoms with van der Waals surface area (Å²) in [5.74, 6) is 1.16. The van der Waals surface area contributed by atoms with Gasteiger partial charge in [-0.3, -0.25) is 14.5 Å². The standard InChI is InChI=1S/C26H30N4O3S/c1-19(31)29-12-10-28(11-13-29)17-20-6-7-23-21(16-20)18-30(14-15-33-23)26(32)9-8-25-27-22-4-2-3-5-24(22)34-25/h2-7,16H,8-15,17-18H2,1H3. The van der Waals surface area contributed by atoms with E-state index in [0.717, 1.165) is 59.3 Å². The van der Waals surface area contributed by atoms with Crippen molar-refractivity contribution >= 4 is 33.4 Å². The molecule has 1 fully saturated rings. The highest BCUT2D eigenvalue weighted by atomic mass is 32.1. The van der Waals surface area contributed by atoms with Crippen LogP contribution in [0.15, 0.2) is 42.5 Å². The van der Waals surface area contributed by atoms with Crippen molar-refractivity contribution in [2.75, 3.05) is 39.3 Å². The molecule has 1 saturated heterocycles. The van der Waals surface area contributed by atoms with Gasteiger partial charge in [0.15, 0.2) is 0 Å². The van der Waals surface area contributed by atoms with E-state index in [1.807, 2.05) is 34.1 Å². The van der Waals surface area contributed by atoms with E-state index >= 15 is 0 Å². The quantitative estimate of drug-likeness (QED) is 0.563. The normalized spacial score (nSPS) is 16.7. The number of benzene rings is 2. The lowest BCUT2D eigenvalue weighted by Gasteiger charge is -2.34. The molecular formula is C26H30N4O3S. The molecule has 2 aromatic carbocycles. The molecule has 0 saturated carbocycles. The third kappa shape index (κ3) is 5.23. The Labute approximate surface area is 203 Å². The second-order valence-corrected chi connectivity index (χ2v) is 10.1. The van der Waals surface area contributed by atoms with Crippen molar-refractivity contribution < 1.29 is 14.3 Å². The summed E-state index contributed by atoms with van der Waals surface area (Å²) in [7, 11) is 0. The Morgan fingerprint density at radius 2 is 1.85 bits per heavy atom. The van der Waals surface area contributed by atoms with Crippen LogP contribution in [0.25, 0.3) is 10.2 Å². The van der Waals surface area contributed by atoms with Gasteiger partial charge in [-0.05, 0) is 29.8 Å². The van der Waals surface area contributed by atoms with Gasteiger partial charge in [-0.25, -0.2) is 4.98 Å². The third-order valence-electron chi connectivity index (χ3n) is 6.57. The highest BCUT2D eigenvalue weighted by Crippen LogP contribution is 2.27. The number of piperazine rings is 1. The number of amides is 2. The summed E-state index contributed by atoms with van der Waals surface area (Å²) in [5.41, 5.74) is 3.27. The molecule has 34 heavy (non-hydrogen) atoms. The van der Waals surface area contributed by atoms with E-state index in [9.17, 15) is 9.59 Å². The minimum Gasteiger partial charge on any atom is -0.491 e. The fourth-order valence-corrected chi connectivity index (χ4v) is 5.60. The molecule has 0 N–H and O–H groups in total. The molecule has 2 amide bonds. The number of hydrogen-bond donors (Lipinski definition) is 0. The summed E-state index contributed by atoms with van der Waals surface area (Å²) in [5, 5.41) is 1.01. The molecule has 0 atom stereocenters. The fourth-order valence-electron chi connectivity index (χ4n) is 4.64. The van der Waals surface area contributed by atoms with Crippen LogP contribution in [-0.2, 0) is 29.1 Å². The Bertz CT molecular complexity index is 1150. The maximum absolute atomic E-state index is 13.0. The first-order valence-corrected chi connectivity index (χ1v) is 12.7. The Balaban J connectivity index is 1.20. The molecule has 8 heteroatoms. The molecule has 1 aromatic heterocycles. The second kappa shape index (κ2) is 10.1. The summed E-state index contributed by atoms with van der Waals surface area (Å²) in [6.07, 6.45) is 1.12. The number of carbonyl (C=O) groups is 2. The molecule has 0 aliphatic carbocycles. The van der Waals surface area contributed by atoms with Crippen LogP contribution < -0.4 is 4.74 Å². The number of thiazole rings is 1. The average Bonchev–Trinajstić information content (AvgIpc) is 3.14. The second-order valence-electron chi connectivity index (χ2n) is 8.96. The number of ether oxygens (including phenoxy) is 1. The van der Waals surface area contributed by atoms with Crippen LogP contribution in [0.4, 0.5) is 0 Å². The van der Waals surface area contributed by atoms with E-state index in [0.29, 0.717) is 32.5 Å². The fraction of sp³-hybridized carbons (Fsp3) is 0.423. The highest BCUT2D eigenvalue weighted by molar-refractivity contribution is 7.18. The molecule has 3 heterocycles. The maximum Gasteiger partial charge on any atom is 0.223 e. The van der Waals surface area contributed by atoms with Crippen molar-refractivity contribution in [3.05, 3.63) is 58.6 Å². The molecule has 3 aromatic rings. The van der Waals surface area contributed by atoms with Crippen LogP contribution in [-0.4, -0.2) is 70.8 Å². The molecule has 2 aliphatic heterocycles. The zero-order valence-electron chi connectivity index (χ0n) is 19.5. The lowest BCUT2D eigenvalue weighted by Crippen LogP contribution is -2.47. The first-order chi connectivity index (χ1) is 16.5. The number of rotatable bonds is 5. The zero-order valence-corrected chi connectivity index (χ0v) is 20.4. The van der Waals surface area contributed by atoms with Crippen molar-refractivity contribution in [2.45, 2.75) is 32.9 Å². The number of aromatic nitrogens is 1. The summed E-state index contributed by atoms with van der Waals surface area (Å²) < 4.78 is 7.12. The van der Waals surface area contributed by atoms with E-state index in [2.05, 4.69) is 28.1 Å². The van der Waals surface area contributed by atoms with Gasteiger partial charge in [-0.1, -0.05) is 18.2 Å². The van der Waals surface area contributed by atoms with E-state index in [1.54, 1.807) is 18.3 Å². The molecule has 5 rings (SSSR count). The van der Waals surface area contributed by atoms with E-state index in [4.69, 9.17) is 4.74 Å². The molecule has 2 aliphatic rings. The predicted octanol–water partition coefficient (Wildman–Crippen LogP) is 3.31. The van der Waals surface area contributed by atoms with Gasteiger partial charge in [-0.15, -0.1) is 11.3 Å². The summed E-state index contributed by atoms with van der Waals surface area (Å²) in [4.78, 5) is 35.5. The van der Waals surface area contributed by atoms with Crippen molar-refractivity contribution in [2.24, 2.45) is 0 Å². The lowest BCUT2D eigenvalue weighted by atomic mass is 10.1. The van der Waals surface area contributed by atoms with Crippen LogP contribution >= 0.6 is 11.3 Å². The Morgan fingerprint density at radius 1 is 1.03 bits per heavy atom. The third-order valence-corrected chi connectivity index (χ3v) is 7.67. The summed E-state index contributed by atoms with van der Waals surface area (Å²) in [6.45, 7) is 7.45. The van der Waals surface area contributed by atoms with Gasteiger partial charge in [0.05, 0.1) is 21.8 Å². The van der Waals surface area contributed by atoms with Gasteiger partial charge in [0.25, 0.3) is 0 Å². The van der Waals surface area contributed by atoms with Gasteiger partial charge in [0.1, 0.15) is 12.4 Å². The Morgan fingerprint density at radius 3 is 2.65 bits per heavy atom. The van der Waals surface area contributed by atoms with E-state index in [-0.39, 0.29) is 11.8 Å². The molecule has 0 bridgehead atoms. The van der Waals surface area contributed by atoms with Crippen molar-refractivity contribution in [1.82, 2.24) is 19.7 Å². The number of nitrogens with zero attached hydrogens (tertiary/aromatic N) is 4. The molecule has 0 radical (unpaired) electrons. The van der Waals surface area contributed by atoms with Crippen molar-refractivity contribution in [3.63, 3.8) is 0 Å². The van der Waals surface area contributed by atoms with E-state index in [1.165, 1.54) is 5.56 Å². The molecule has 0 spiro atoms. The van der Waals surface area contributed by atoms with Gasteiger partial charge in [0, 0.05) is 64.6 Å². The number of carbonyl (C=O) groups excluding carboxylic acids is 2. The summed E-state index contributed by atoms with van der Waals surface area (Å²) in [6, 6.07) is 14.4. The van der Waals surface area contributed by atoms with Gasteiger partial charge in [-0.2, -0.15) is 0 Å². The number of aryl methyl sites for hydroxylation is 1. The van der Waals surface area contributed by atoms with Crippen LogP contribution in [0.3, 0.4) is 0 Å². The molecule has 178 valence electrons. The zero-order chi connectivity index (χ0) is 23.5. The monoisotopic (exact) mass is 478 g/mol. The van der Waals surface area contributed by atoms with Crippen LogP contribution in [0.1, 0.15) is 29.5 Å². The largest absolute Gasteiger partial charge is 0.491 e. The summed E-state index contributed by atoms with van der Waals surface area (Å²) >= 11 is 1.67. The smallest absolute Gasteiger partial charge is 0.223 e. The molecular weight excluding hydrogens is 448 g/mol. The van der Waals surface area contributed by atoms with Crippen LogP contribution in [0.5, 0.6) is 5.75 Å². The maximum atomic E-state index is 13.0. The number of para-hydroxylation sites is 1. The minimum atomic E-state index is 0.140. The Kier molecular flexibility index (Phi) is 6.78. The van der Waals surface area contributed by atoms with Gasteiger partial charge >= 0.3 is 0 Å². The first-order valence-electron chi connectivity index (χ1n) is 11.9. The van der Waals surface area contributed by atoms with Crippen molar-refractivity contribution in [3.8, 4) is 5.75 Å². The van der Waals surface area contributed by atoms with Gasteiger partial charge in [0.2, 0.25) is 11.8 Å². The van der Waals surface area contributed by atoms with E-state index < -0.39 is 0 Å².